The molecule has 1 N–H and O–H groups in total. The van der Waals surface area contributed by atoms with Gasteiger partial charge >= 0.3 is 0 Å². The standard InChI is InChI=1S/C13H15FN4O2/c1-19-8-11(10-5-3-4-6-15-10)17-13-16-7-9(14)12(18-13)20-2/h3-7,11H,8H2,1-2H3,(H,16,17,18). The summed E-state index contributed by atoms with van der Waals surface area (Å²) in [4.78, 5) is 12.1. The van der Waals surface area contributed by atoms with E-state index in [4.69, 9.17) is 9.47 Å². The quantitative estimate of drug-likeness (QED) is 0.869. The Morgan fingerprint density at radius 3 is 2.80 bits per heavy atom. The number of hydrogen-bond acceptors (Lipinski definition) is 6. The van der Waals surface area contributed by atoms with Gasteiger partial charge in [-0.1, -0.05) is 6.07 Å². The van der Waals surface area contributed by atoms with E-state index >= 15 is 0 Å². The van der Waals surface area contributed by atoms with E-state index in [0.717, 1.165) is 11.9 Å². The van der Waals surface area contributed by atoms with Crippen molar-refractivity contribution in [3.63, 3.8) is 0 Å². The van der Waals surface area contributed by atoms with Crippen LogP contribution in [0.3, 0.4) is 0 Å². The first kappa shape index (κ1) is 14.1. The number of hydrogen-bond donors (Lipinski definition) is 1. The molecule has 1 unspecified atom stereocenters. The van der Waals surface area contributed by atoms with Gasteiger partial charge in [0.05, 0.1) is 31.6 Å². The molecule has 2 aromatic heterocycles. The highest BCUT2D eigenvalue weighted by Gasteiger charge is 2.15. The highest BCUT2D eigenvalue weighted by molar-refractivity contribution is 5.32. The van der Waals surface area contributed by atoms with Gasteiger partial charge < -0.3 is 14.8 Å². The number of rotatable bonds is 6. The summed E-state index contributed by atoms with van der Waals surface area (Å²) < 4.78 is 23.2. The van der Waals surface area contributed by atoms with Crippen LogP contribution in [0.4, 0.5) is 10.3 Å². The zero-order chi connectivity index (χ0) is 14.4. The lowest BCUT2D eigenvalue weighted by molar-refractivity contribution is 0.185. The van der Waals surface area contributed by atoms with Gasteiger partial charge in [0.15, 0.2) is 0 Å². The maximum atomic E-state index is 13.3. The predicted octanol–water partition coefficient (Wildman–Crippen LogP) is 1.82. The van der Waals surface area contributed by atoms with Crippen molar-refractivity contribution in [3.05, 3.63) is 42.1 Å². The van der Waals surface area contributed by atoms with Crippen molar-refractivity contribution in [2.24, 2.45) is 0 Å². The largest absolute Gasteiger partial charge is 0.479 e. The molecule has 0 saturated heterocycles. The number of pyridine rings is 1. The second kappa shape index (κ2) is 6.76. The number of nitrogens with zero attached hydrogens (tertiary/aromatic N) is 3. The molecule has 7 heteroatoms. The van der Waals surface area contributed by atoms with E-state index in [1.54, 1.807) is 13.3 Å². The summed E-state index contributed by atoms with van der Waals surface area (Å²) in [7, 11) is 2.93. The Hall–Kier alpha value is -2.28. The SMILES string of the molecule is COCC(Nc1ncc(F)c(OC)n1)c1ccccn1. The van der Waals surface area contributed by atoms with Gasteiger partial charge in [0, 0.05) is 13.3 Å². The average molecular weight is 278 g/mol. The van der Waals surface area contributed by atoms with E-state index in [9.17, 15) is 4.39 Å². The minimum atomic E-state index is -0.612. The molecule has 0 saturated carbocycles. The Labute approximate surface area is 116 Å². The summed E-state index contributed by atoms with van der Waals surface area (Å²) in [6.07, 6.45) is 2.74. The van der Waals surface area contributed by atoms with Gasteiger partial charge in [-0.3, -0.25) is 4.98 Å². The van der Waals surface area contributed by atoms with Crippen LogP contribution in [0.25, 0.3) is 0 Å². The lowest BCUT2D eigenvalue weighted by Gasteiger charge is -2.17. The maximum absolute atomic E-state index is 13.3. The minimum absolute atomic E-state index is 0.111. The van der Waals surface area contributed by atoms with Crippen molar-refractivity contribution >= 4 is 5.95 Å². The molecule has 6 nitrogen and oxygen atoms in total. The number of halogens is 1. The zero-order valence-electron chi connectivity index (χ0n) is 11.2. The molecule has 20 heavy (non-hydrogen) atoms. The Morgan fingerprint density at radius 2 is 2.15 bits per heavy atom. The van der Waals surface area contributed by atoms with Crippen LogP contribution in [0.5, 0.6) is 5.88 Å². The topological polar surface area (TPSA) is 69.2 Å². The van der Waals surface area contributed by atoms with Crippen molar-refractivity contribution in [3.8, 4) is 5.88 Å². The van der Waals surface area contributed by atoms with Crippen LogP contribution < -0.4 is 10.1 Å². The molecule has 0 fully saturated rings. The van der Waals surface area contributed by atoms with Gasteiger partial charge in [-0.25, -0.2) is 4.98 Å². The summed E-state index contributed by atoms with van der Waals surface area (Å²) in [6.45, 7) is 0.375. The second-order valence-corrected chi connectivity index (χ2v) is 3.96. The molecular formula is C13H15FN4O2. The van der Waals surface area contributed by atoms with Crippen molar-refractivity contribution in [1.82, 2.24) is 15.0 Å². The summed E-state index contributed by atoms with van der Waals surface area (Å²) in [5.74, 6) is -0.477. The van der Waals surface area contributed by atoms with Gasteiger partial charge in [0.25, 0.3) is 5.88 Å². The van der Waals surface area contributed by atoms with Crippen LogP contribution in [0.15, 0.2) is 30.6 Å². The van der Waals surface area contributed by atoms with Crippen LogP contribution in [-0.2, 0) is 4.74 Å². The van der Waals surface area contributed by atoms with Crippen LogP contribution in [0, 0.1) is 5.82 Å². The molecule has 0 radical (unpaired) electrons. The summed E-state index contributed by atoms with van der Waals surface area (Å²) in [6, 6.07) is 5.32. The van der Waals surface area contributed by atoms with Gasteiger partial charge in [-0.05, 0) is 12.1 Å². The molecule has 0 aliphatic carbocycles. The van der Waals surface area contributed by atoms with Crippen LogP contribution in [0.1, 0.15) is 11.7 Å². The second-order valence-electron chi connectivity index (χ2n) is 3.96. The summed E-state index contributed by atoms with van der Waals surface area (Å²) in [5.41, 5.74) is 0.779. The number of anilines is 1. The first-order chi connectivity index (χ1) is 9.74. The molecule has 0 spiro atoms. The van der Waals surface area contributed by atoms with Crippen molar-refractivity contribution in [2.75, 3.05) is 26.1 Å². The van der Waals surface area contributed by atoms with E-state index in [0.29, 0.717) is 6.61 Å². The van der Waals surface area contributed by atoms with Gasteiger partial charge in [-0.15, -0.1) is 0 Å². The van der Waals surface area contributed by atoms with E-state index < -0.39 is 5.82 Å². The number of methoxy groups -OCH3 is 2. The number of ether oxygens (including phenoxy) is 2. The van der Waals surface area contributed by atoms with Crippen molar-refractivity contribution in [2.45, 2.75) is 6.04 Å². The van der Waals surface area contributed by atoms with E-state index in [1.807, 2.05) is 18.2 Å². The molecule has 0 bridgehead atoms. The van der Waals surface area contributed by atoms with E-state index in [2.05, 4.69) is 20.3 Å². The third kappa shape index (κ3) is 3.39. The Balaban J connectivity index is 2.20. The molecular weight excluding hydrogens is 263 g/mol. The molecule has 2 aromatic rings. The minimum Gasteiger partial charge on any atom is -0.479 e. The smallest absolute Gasteiger partial charge is 0.255 e. The first-order valence-electron chi connectivity index (χ1n) is 5.97. The Kier molecular flexibility index (Phi) is 4.78. The molecule has 2 rings (SSSR count). The molecule has 0 aliphatic heterocycles. The normalized spacial score (nSPS) is 11.9. The lowest BCUT2D eigenvalue weighted by Crippen LogP contribution is -2.19. The van der Waals surface area contributed by atoms with Crippen LogP contribution in [-0.4, -0.2) is 35.8 Å². The number of aromatic nitrogens is 3. The maximum Gasteiger partial charge on any atom is 0.255 e. The van der Waals surface area contributed by atoms with Crippen molar-refractivity contribution in [1.29, 1.82) is 0 Å². The predicted molar refractivity (Wildman–Crippen MR) is 71.0 cm³/mol. The lowest BCUT2D eigenvalue weighted by atomic mass is 10.2. The molecule has 2 heterocycles. The molecule has 0 amide bonds. The highest BCUT2D eigenvalue weighted by Crippen LogP contribution is 2.18. The van der Waals surface area contributed by atoms with Crippen LogP contribution >= 0.6 is 0 Å². The third-order valence-corrected chi connectivity index (χ3v) is 2.59. The summed E-state index contributed by atoms with van der Waals surface area (Å²) >= 11 is 0. The number of nitrogens with one attached hydrogen (secondary N) is 1. The highest BCUT2D eigenvalue weighted by atomic mass is 19.1. The van der Waals surface area contributed by atoms with Gasteiger partial charge in [-0.2, -0.15) is 9.37 Å². The molecule has 0 aromatic carbocycles. The average Bonchev–Trinajstić information content (AvgIpc) is 2.49. The third-order valence-electron chi connectivity index (χ3n) is 2.59. The van der Waals surface area contributed by atoms with Crippen molar-refractivity contribution < 1.29 is 13.9 Å². The monoisotopic (exact) mass is 278 g/mol. The summed E-state index contributed by atoms with van der Waals surface area (Å²) in [5, 5.41) is 3.04. The van der Waals surface area contributed by atoms with E-state index in [1.165, 1.54) is 7.11 Å². The fourth-order valence-electron chi connectivity index (χ4n) is 1.67. The van der Waals surface area contributed by atoms with E-state index in [-0.39, 0.29) is 17.9 Å². The molecule has 1 atom stereocenters. The zero-order valence-corrected chi connectivity index (χ0v) is 11.2. The fraction of sp³-hybridized carbons (Fsp3) is 0.308. The molecule has 106 valence electrons. The molecule has 0 aliphatic rings. The fourth-order valence-corrected chi connectivity index (χ4v) is 1.67. The first-order valence-corrected chi connectivity index (χ1v) is 5.97. The van der Waals surface area contributed by atoms with Crippen LogP contribution in [0.2, 0.25) is 0 Å². The van der Waals surface area contributed by atoms with Gasteiger partial charge in [0.1, 0.15) is 0 Å². The Bertz CT molecular complexity index is 553. The Morgan fingerprint density at radius 1 is 1.30 bits per heavy atom. The van der Waals surface area contributed by atoms with Gasteiger partial charge in [0.2, 0.25) is 11.8 Å².